The third-order valence-corrected chi connectivity index (χ3v) is 8.70. The average molecular weight is 538 g/mol. The Kier molecular flexibility index (Phi) is 5.59. The number of aromatic nitrogens is 2. The zero-order chi connectivity index (χ0) is 27.6. The summed E-state index contributed by atoms with van der Waals surface area (Å²) in [6, 6.07) is 26.7. The maximum atomic E-state index is 13.5. The second-order valence-corrected chi connectivity index (χ2v) is 10.9. The van der Waals surface area contributed by atoms with Crippen LogP contribution in [0, 0.1) is 18.7 Å². The number of amides is 1. The van der Waals surface area contributed by atoms with Gasteiger partial charge in [0.15, 0.2) is 0 Å². The third-order valence-electron chi connectivity index (χ3n) is 8.70. The third kappa shape index (κ3) is 3.75. The van der Waals surface area contributed by atoms with Gasteiger partial charge in [-0.05, 0) is 78.1 Å². The molecular formula is C33H26F3N3O. The van der Waals surface area contributed by atoms with Gasteiger partial charge in [0.1, 0.15) is 5.82 Å². The summed E-state index contributed by atoms with van der Waals surface area (Å²) in [6.07, 6.45) is -0.806. The van der Waals surface area contributed by atoms with Crippen LogP contribution in [0.3, 0.4) is 0 Å². The zero-order valence-corrected chi connectivity index (χ0v) is 21.8. The maximum absolute atomic E-state index is 13.5. The van der Waals surface area contributed by atoms with Gasteiger partial charge in [0.05, 0.1) is 17.4 Å². The van der Waals surface area contributed by atoms with E-state index in [2.05, 4.69) is 36.3 Å². The van der Waals surface area contributed by atoms with Crippen LogP contribution in [0.1, 0.15) is 45.0 Å². The first-order valence-electron chi connectivity index (χ1n) is 13.3. The highest BCUT2D eigenvalue weighted by Gasteiger charge is 2.70. The lowest BCUT2D eigenvalue weighted by Crippen LogP contribution is -2.34. The number of halogens is 3. The van der Waals surface area contributed by atoms with Crippen molar-refractivity contribution in [3.8, 4) is 5.69 Å². The van der Waals surface area contributed by atoms with Gasteiger partial charge in [-0.3, -0.25) is 4.79 Å². The number of alkyl halides is 2. The minimum Gasteiger partial charge on any atom is -0.337 e. The highest BCUT2D eigenvalue weighted by atomic mass is 19.3. The van der Waals surface area contributed by atoms with Crippen LogP contribution in [-0.2, 0) is 5.41 Å². The molecule has 1 aromatic heterocycles. The molecule has 7 rings (SSSR count). The summed E-state index contributed by atoms with van der Waals surface area (Å²) in [5.41, 5.74) is 5.06. The lowest BCUT2D eigenvalue weighted by molar-refractivity contribution is 0.0768. The molecule has 4 aromatic carbocycles. The molecule has 2 heterocycles. The Balaban J connectivity index is 1.28. The Morgan fingerprint density at radius 2 is 1.75 bits per heavy atom. The van der Waals surface area contributed by atoms with Gasteiger partial charge >= 0.3 is 0 Å². The van der Waals surface area contributed by atoms with Crippen molar-refractivity contribution in [3.05, 3.63) is 131 Å². The molecule has 5 aromatic rings. The van der Waals surface area contributed by atoms with Crippen molar-refractivity contribution < 1.29 is 18.0 Å². The fraction of sp³-hybridized carbons (Fsp3) is 0.212. The Labute approximate surface area is 229 Å². The van der Waals surface area contributed by atoms with Gasteiger partial charge in [0.25, 0.3) is 12.3 Å². The predicted octanol–water partition coefficient (Wildman–Crippen LogP) is 7.22. The summed E-state index contributed by atoms with van der Waals surface area (Å²) in [5.74, 6) is -0.0663. The Morgan fingerprint density at radius 3 is 2.50 bits per heavy atom. The number of nitrogens with zero attached hydrogens (tertiary/aromatic N) is 3. The fourth-order valence-corrected chi connectivity index (χ4v) is 6.88. The predicted molar refractivity (Wildman–Crippen MR) is 147 cm³/mol. The van der Waals surface area contributed by atoms with Crippen LogP contribution in [0.25, 0.3) is 16.6 Å². The van der Waals surface area contributed by atoms with E-state index in [9.17, 15) is 18.0 Å². The number of piperidine rings is 1. The molecule has 0 bridgehead atoms. The van der Waals surface area contributed by atoms with Crippen molar-refractivity contribution in [1.29, 1.82) is 0 Å². The molecule has 40 heavy (non-hydrogen) atoms. The highest BCUT2D eigenvalue weighted by Crippen LogP contribution is 2.70. The minimum absolute atomic E-state index is 0.147. The van der Waals surface area contributed by atoms with Crippen LogP contribution in [-0.4, -0.2) is 33.7 Å². The van der Waals surface area contributed by atoms with E-state index in [0.29, 0.717) is 18.7 Å². The lowest BCUT2D eigenvalue weighted by Gasteiger charge is -2.26. The summed E-state index contributed by atoms with van der Waals surface area (Å²) in [7, 11) is 0. The highest BCUT2D eigenvalue weighted by molar-refractivity contribution is 5.95. The first-order valence-corrected chi connectivity index (χ1v) is 13.3. The lowest BCUT2D eigenvalue weighted by atomic mass is 9.86. The first kappa shape index (κ1) is 24.6. The van der Waals surface area contributed by atoms with Gasteiger partial charge in [-0.2, -0.15) is 5.10 Å². The van der Waals surface area contributed by atoms with Crippen LogP contribution in [0.15, 0.2) is 97.2 Å². The van der Waals surface area contributed by atoms with Gasteiger partial charge in [0.2, 0.25) is 0 Å². The SMILES string of the molecule is Cc1cc2c(cnn2-c2ccc(F)cc2)cc1[C@@]12CN(C(=O)c3cccc(C(F)F)c3)C[C@@H]1[C@H]2c1ccccc1. The van der Waals surface area contributed by atoms with Crippen LogP contribution < -0.4 is 0 Å². The quantitative estimate of drug-likeness (QED) is 0.238. The Hall–Kier alpha value is -4.39. The standard InChI is InChI=1S/C33H26F3N3O/c1-20-14-29-24(17-37-39(29)26-12-10-25(34)11-13-26)16-27(20)33-19-38(18-28(33)30(33)21-6-3-2-4-7-21)32(40)23-9-5-8-22(15-23)31(35)36/h2-17,28,30-31H,18-19H2,1H3/t28-,30-,33+/m1/s1. The van der Waals surface area contributed by atoms with Crippen molar-refractivity contribution >= 4 is 16.8 Å². The summed E-state index contributed by atoms with van der Waals surface area (Å²) in [4.78, 5) is 15.3. The number of hydrogen-bond donors (Lipinski definition) is 0. The molecule has 0 radical (unpaired) electrons. The molecule has 4 nitrogen and oxygen atoms in total. The van der Waals surface area contributed by atoms with Gasteiger partial charge < -0.3 is 4.90 Å². The second kappa shape index (κ2) is 9.08. The molecular weight excluding hydrogens is 511 g/mol. The number of aryl methyl sites for hydroxylation is 1. The molecule has 7 heteroatoms. The number of likely N-dealkylation sites (tertiary alicyclic amines) is 1. The first-order chi connectivity index (χ1) is 19.4. The van der Waals surface area contributed by atoms with Crippen molar-refractivity contribution in [2.45, 2.75) is 24.7 Å². The topological polar surface area (TPSA) is 38.1 Å². The Bertz CT molecular complexity index is 1750. The molecule has 1 saturated heterocycles. The summed E-state index contributed by atoms with van der Waals surface area (Å²) in [5, 5.41) is 5.56. The van der Waals surface area contributed by atoms with Crippen molar-refractivity contribution in [2.24, 2.45) is 5.92 Å². The van der Waals surface area contributed by atoms with Crippen molar-refractivity contribution in [1.82, 2.24) is 14.7 Å². The van der Waals surface area contributed by atoms with Gasteiger partial charge in [-0.1, -0.05) is 42.5 Å². The second-order valence-electron chi connectivity index (χ2n) is 10.9. The summed E-state index contributed by atoms with van der Waals surface area (Å²) >= 11 is 0. The number of rotatable bonds is 5. The monoisotopic (exact) mass is 537 g/mol. The van der Waals surface area contributed by atoms with Crippen LogP contribution in [0.5, 0.6) is 0 Å². The molecule has 0 spiro atoms. The van der Waals surface area contributed by atoms with E-state index in [-0.39, 0.29) is 34.5 Å². The summed E-state index contributed by atoms with van der Waals surface area (Å²) < 4.78 is 42.0. The summed E-state index contributed by atoms with van der Waals surface area (Å²) in [6.45, 7) is 3.15. The molecule has 0 N–H and O–H groups in total. The fourth-order valence-electron chi connectivity index (χ4n) is 6.88. The van der Waals surface area contributed by atoms with E-state index in [1.165, 1.54) is 41.5 Å². The van der Waals surface area contributed by atoms with Crippen LogP contribution in [0.4, 0.5) is 13.2 Å². The molecule has 3 atom stereocenters. The van der Waals surface area contributed by atoms with E-state index in [4.69, 9.17) is 0 Å². The van der Waals surface area contributed by atoms with E-state index in [1.807, 2.05) is 34.0 Å². The van der Waals surface area contributed by atoms with Gasteiger partial charge in [-0.15, -0.1) is 0 Å². The zero-order valence-electron chi connectivity index (χ0n) is 21.8. The molecule has 0 unspecified atom stereocenters. The molecule has 1 saturated carbocycles. The van der Waals surface area contributed by atoms with Crippen molar-refractivity contribution in [3.63, 3.8) is 0 Å². The number of carbonyl (C=O) groups is 1. The smallest absolute Gasteiger partial charge is 0.263 e. The molecule has 2 aliphatic rings. The molecule has 1 amide bonds. The van der Waals surface area contributed by atoms with E-state index >= 15 is 0 Å². The van der Waals surface area contributed by atoms with Crippen LogP contribution in [0.2, 0.25) is 0 Å². The van der Waals surface area contributed by atoms with Gasteiger partial charge in [0, 0.05) is 40.9 Å². The number of fused-ring (bicyclic) bond motifs is 2. The van der Waals surface area contributed by atoms with Crippen molar-refractivity contribution in [2.75, 3.05) is 13.1 Å². The molecule has 1 aliphatic carbocycles. The average Bonchev–Trinajstić information content (AvgIpc) is 3.22. The van der Waals surface area contributed by atoms with E-state index in [0.717, 1.165) is 22.2 Å². The maximum Gasteiger partial charge on any atom is 0.263 e. The molecule has 200 valence electrons. The number of benzene rings is 4. The van der Waals surface area contributed by atoms with E-state index < -0.39 is 6.43 Å². The molecule has 1 aliphatic heterocycles. The minimum atomic E-state index is -2.63. The molecule has 2 fully saturated rings. The number of carbonyl (C=O) groups excluding carboxylic acids is 1. The number of hydrogen-bond acceptors (Lipinski definition) is 2. The largest absolute Gasteiger partial charge is 0.337 e. The normalized spacial score (nSPS) is 21.7. The van der Waals surface area contributed by atoms with E-state index in [1.54, 1.807) is 18.2 Å². The van der Waals surface area contributed by atoms with Gasteiger partial charge in [-0.25, -0.2) is 17.9 Å². The van der Waals surface area contributed by atoms with Crippen LogP contribution >= 0.6 is 0 Å². The Morgan fingerprint density at radius 1 is 0.975 bits per heavy atom.